The van der Waals surface area contributed by atoms with Crippen molar-refractivity contribution in [3.05, 3.63) is 0 Å². The maximum absolute atomic E-state index is 12.0. The first-order valence-electron chi connectivity index (χ1n) is 5.72. The molecule has 84 valence electrons. The fourth-order valence-electron chi connectivity index (χ4n) is 1.95. The minimum Gasteiger partial charge on any atom is -0.344 e. The zero-order chi connectivity index (χ0) is 11.5. The van der Waals surface area contributed by atoms with Crippen molar-refractivity contribution >= 4 is 5.91 Å². The molecule has 0 heterocycles. The lowest BCUT2D eigenvalue weighted by molar-refractivity contribution is -0.142. The van der Waals surface area contributed by atoms with Crippen LogP contribution in [0.3, 0.4) is 0 Å². The lowest BCUT2D eigenvalue weighted by atomic mass is 9.69. The van der Waals surface area contributed by atoms with Crippen LogP contribution in [0.4, 0.5) is 0 Å². The molecule has 1 aliphatic rings. The number of amides is 1. The first-order chi connectivity index (χ1) is 7.05. The molecule has 1 atom stereocenters. The fraction of sp³-hybridized carbons (Fsp3) is 0.833. The molecule has 1 amide bonds. The third-order valence-corrected chi connectivity index (χ3v) is 3.46. The maximum atomic E-state index is 12.0. The second kappa shape index (κ2) is 4.65. The van der Waals surface area contributed by atoms with Gasteiger partial charge in [-0.2, -0.15) is 5.26 Å². The summed E-state index contributed by atoms with van der Waals surface area (Å²) in [4.78, 5) is 13.8. The van der Waals surface area contributed by atoms with Crippen LogP contribution in [0.5, 0.6) is 0 Å². The average Bonchev–Trinajstić information content (AvgIpc) is 2.16. The van der Waals surface area contributed by atoms with Gasteiger partial charge >= 0.3 is 0 Å². The van der Waals surface area contributed by atoms with Crippen molar-refractivity contribution < 1.29 is 4.79 Å². The van der Waals surface area contributed by atoms with Gasteiger partial charge in [-0.15, -0.1) is 0 Å². The molecule has 0 bridgehead atoms. The van der Waals surface area contributed by atoms with E-state index < -0.39 is 5.41 Å². The van der Waals surface area contributed by atoms with Crippen LogP contribution < -0.4 is 0 Å². The van der Waals surface area contributed by atoms with E-state index in [0.717, 1.165) is 32.2 Å². The quantitative estimate of drug-likeness (QED) is 0.710. The van der Waals surface area contributed by atoms with Gasteiger partial charge in [0.2, 0.25) is 5.91 Å². The summed E-state index contributed by atoms with van der Waals surface area (Å²) < 4.78 is 0. The Morgan fingerprint density at radius 2 is 2.20 bits per heavy atom. The molecule has 1 aliphatic carbocycles. The summed E-state index contributed by atoms with van der Waals surface area (Å²) in [6.07, 6.45) is 3.56. The van der Waals surface area contributed by atoms with Crippen LogP contribution in [0.1, 0.15) is 39.5 Å². The average molecular weight is 208 g/mol. The molecule has 0 radical (unpaired) electrons. The predicted molar refractivity (Wildman–Crippen MR) is 59.0 cm³/mol. The van der Waals surface area contributed by atoms with E-state index in [-0.39, 0.29) is 5.91 Å². The van der Waals surface area contributed by atoms with Crippen LogP contribution in [0, 0.1) is 22.7 Å². The van der Waals surface area contributed by atoms with Crippen LogP contribution in [0.2, 0.25) is 0 Å². The molecule has 0 saturated heterocycles. The van der Waals surface area contributed by atoms with Crippen LogP contribution in [0.25, 0.3) is 0 Å². The standard InChI is InChI=1S/C12H20N2O/c1-4-10(2)8-14(3)11(15)12(9-13)6-5-7-12/h10H,4-8H2,1-3H3. The highest BCUT2D eigenvalue weighted by Crippen LogP contribution is 2.41. The minimum absolute atomic E-state index is 0.0246. The van der Waals surface area contributed by atoms with Crippen molar-refractivity contribution in [3.8, 4) is 6.07 Å². The summed E-state index contributed by atoms with van der Waals surface area (Å²) in [6, 6.07) is 2.20. The Bertz CT molecular complexity index is 276. The molecule has 0 aromatic carbocycles. The Labute approximate surface area is 92.1 Å². The van der Waals surface area contributed by atoms with Crippen molar-refractivity contribution in [3.63, 3.8) is 0 Å². The van der Waals surface area contributed by atoms with Gasteiger partial charge in [0.1, 0.15) is 5.41 Å². The van der Waals surface area contributed by atoms with Crippen molar-refractivity contribution in [2.24, 2.45) is 11.3 Å². The Morgan fingerprint density at radius 1 is 1.60 bits per heavy atom. The maximum Gasteiger partial charge on any atom is 0.242 e. The van der Waals surface area contributed by atoms with Crippen LogP contribution in [0.15, 0.2) is 0 Å². The Morgan fingerprint density at radius 3 is 2.53 bits per heavy atom. The van der Waals surface area contributed by atoms with E-state index in [0.29, 0.717) is 5.92 Å². The largest absolute Gasteiger partial charge is 0.344 e. The van der Waals surface area contributed by atoms with Gasteiger partial charge in [-0.25, -0.2) is 0 Å². The summed E-state index contributed by atoms with van der Waals surface area (Å²) in [7, 11) is 1.81. The molecule has 0 spiro atoms. The Hall–Kier alpha value is -1.04. The smallest absolute Gasteiger partial charge is 0.242 e. The molecule has 3 heteroatoms. The van der Waals surface area contributed by atoms with E-state index in [9.17, 15) is 4.79 Å². The number of carbonyl (C=O) groups excluding carboxylic acids is 1. The second-order valence-corrected chi connectivity index (χ2v) is 4.75. The van der Waals surface area contributed by atoms with Gasteiger partial charge in [-0.1, -0.05) is 20.3 Å². The Balaban J connectivity index is 2.56. The summed E-state index contributed by atoms with van der Waals surface area (Å²) in [5.74, 6) is 0.534. The lowest BCUT2D eigenvalue weighted by Gasteiger charge is -2.37. The lowest BCUT2D eigenvalue weighted by Crippen LogP contribution is -2.46. The van der Waals surface area contributed by atoms with Gasteiger partial charge in [0.25, 0.3) is 0 Å². The predicted octanol–water partition coefficient (Wildman–Crippen LogP) is 2.18. The SMILES string of the molecule is CCC(C)CN(C)C(=O)C1(C#N)CCC1. The molecular weight excluding hydrogens is 188 g/mol. The third-order valence-electron chi connectivity index (χ3n) is 3.46. The van der Waals surface area contributed by atoms with Gasteiger partial charge in [0.05, 0.1) is 6.07 Å². The van der Waals surface area contributed by atoms with E-state index >= 15 is 0 Å². The van der Waals surface area contributed by atoms with E-state index in [2.05, 4.69) is 19.9 Å². The molecule has 1 rings (SSSR count). The van der Waals surface area contributed by atoms with Gasteiger partial charge in [0, 0.05) is 13.6 Å². The number of hydrogen-bond donors (Lipinski definition) is 0. The number of rotatable bonds is 4. The Kier molecular flexibility index (Phi) is 3.73. The summed E-state index contributed by atoms with van der Waals surface area (Å²) in [5, 5.41) is 9.05. The molecule has 0 aromatic heterocycles. The molecular formula is C12H20N2O. The van der Waals surface area contributed by atoms with Gasteiger partial charge in [-0.3, -0.25) is 4.79 Å². The molecule has 15 heavy (non-hydrogen) atoms. The highest BCUT2D eigenvalue weighted by atomic mass is 16.2. The third kappa shape index (κ3) is 2.31. The summed E-state index contributed by atoms with van der Waals surface area (Å²) in [5.41, 5.74) is -0.678. The number of carbonyl (C=O) groups is 1. The van der Waals surface area contributed by atoms with Crippen LogP contribution in [-0.2, 0) is 4.79 Å². The minimum atomic E-state index is -0.678. The van der Waals surface area contributed by atoms with E-state index in [4.69, 9.17) is 5.26 Å². The number of nitriles is 1. The molecule has 0 aliphatic heterocycles. The molecule has 1 unspecified atom stereocenters. The van der Waals surface area contributed by atoms with E-state index in [1.165, 1.54) is 0 Å². The first kappa shape index (κ1) is 12.0. The van der Waals surface area contributed by atoms with E-state index in [1.54, 1.807) is 4.90 Å². The van der Waals surface area contributed by atoms with Crippen molar-refractivity contribution in [2.45, 2.75) is 39.5 Å². The monoisotopic (exact) mass is 208 g/mol. The highest BCUT2D eigenvalue weighted by molar-refractivity contribution is 5.86. The van der Waals surface area contributed by atoms with Crippen LogP contribution >= 0.6 is 0 Å². The molecule has 3 nitrogen and oxygen atoms in total. The summed E-state index contributed by atoms with van der Waals surface area (Å²) in [6.45, 7) is 5.01. The van der Waals surface area contributed by atoms with Gasteiger partial charge in [-0.05, 0) is 25.2 Å². The molecule has 0 aromatic rings. The van der Waals surface area contributed by atoms with E-state index in [1.807, 2.05) is 7.05 Å². The molecule has 0 N–H and O–H groups in total. The molecule has 1 fully saturated rings. The zero-order valence-electron chi connectivity index (χ0n) is 9.92. The first-order valence-corrected chi connectivity index (χ1v) is 5.72. The topological polar surface area (TPSA) is 44.1 Å². The number of nitrogens with zero attached hydrogens (tertiary/aromatic N) is 2. The van der Waals surface area contributed by atoms with Gasteiger partial charge < -0.3 is 4.90 Å². The van der Waals surface area contributed by atoms with Gasteiger partial charge in [0.15, 0.2) is 0 Å². The van der Waals surface area contributed by atoms with Crippen molar-refractivity contribution in [1.82, 2.24) is 4.90 Å². The van der Waals surface area contributed by atoms with Crippen molar-refractivity contribution in [2.75, 3.05) is 13.6 Å². The van der Waals surface area contributed by atoms with Crippen molar-refractivity contribution in [1.29, 1.82) is 5.26 Å². The highest BCUT2D eigenvalue weighted by Gasteiger charge is 2.46. The summed E-state index contributed by atoms with van der Waals surface area (Å²) >= 11 is 0. The van der Waals surface area contributed by atoms with Crippen LogP contribution in [-0.4, -0.2) is 24.4 Å². The fourth-order valence-corrected chi connectivity index (χ4v) is 1.95. The molecule has 1 saturated carbocycles. The second-order valence-electron chi connectivity index (χ2n) is 4.75. The number of hydrogen-bond acceptors (Lipinski definition) is 2. The normalized spacial score (nSPS) is 19.9. The zero-order valence-corrected chi connectivity index (χ0v) is 9.92.